The van der Waals surface area contributed by atoms with Gasteiger partial charge in [0.2, 0.25) is 21.8 Å². The molecule has 0 saturated heterocycles. The van der Waals surface area contributed by atoms with Crippen molar-refractivity contribution in [1.29, 1.82) is 0 Å². The Morgan fingerprint density at radius 2 is 1.44 bits per heavy atom. The minimum Gasteiger partial charge on any atom is -0.419 e. The van der Waals surface area contributed by atoms with E-state index >= 15 is 0 Å². The Balaban J connectivity index is 1.43. The maximum atomic E-state index is 13.4. The molecular formula is C27H27N3O3S. The van der Waals surface area contributed by atoms with Gasteiger partial charge in [0.1, 0.15) is 6.04 Å². The van der Waals surface area contributed by atoms with Gasteiger partial charge in [-0.2, -0.15) is 4.72 Å². The summed E-state index contributed by atoms with van der Waals surface area (Å²) >= 11 is 0. The first-order valence-electron chi connectivity index (χ1n) is 11.7. The Kier molecular flexibility index (Phi) is 6.56. The topological polar surface area (TPSA) is 85.1 Å². The molecule has 0 unspecified atom stereocenters. The molecule has 1 aliphatic rings. The van der Waals surface area contributed by atoms with Crippen molar-refractivity contribution in [3.05, 3.63) is 102 Å². The summed E-state index contributed by atoms with van der Waals surface area (Å²) in [5.41, 5.74) is 2.70. The van der Waals surface area contributed by atoms with Crippen LogP contribution < -0.4 is 4.72 Å². The Labute approximate surface area is 200 Å². The van der Waals surface area contributed by atoms with Gasteiger partial charge in [-0.25, -0.2) is 8.42 Å². The molecule has 0 amide bonds. The lowest BCUT2D eigenvalue weighted by Gasteiger charge is -2.22. The largest absolute Gasteiger partial charge is 0.419 e. The molecule has 1 heterocycles. The van der Waals surface area contributed by atoms with Gasteiger partial charge in [-0.15, -0.1) is 10.2 Å². The van der Waals surface area contributed by atoms with Gasteiger partial charge >= 0.3 is 0 Å². The number of nitrogens with one attached hydrogen (secondary N) is 1. The second-order valence-corrected chi connectivity index (χ2v) is 10.4. The fourth-order valence-corrected chi connectivity index (χ4v) is 5.71. The molecule has 5 rings (SSSR count). The predicted octanol–water partition coefficient (Wildman–Crippen LogP) is 5.85. The van der Waals surface area contributed by atoms with E-state index in [0.717, 1.165) is 5.56 Å². The summed E-state index contributed by atoms with van der Waals surface area (Å²) in [5, 5.41) is 8.33. The monoisotopic (exact) mass is 473 g/mol. The second-order valence-electron chi connectivity index (χ2n) is 8.68. The summed E-state index contributed by atoms with van der Waals surface area (Å²) in [5.74, 6) is 1.05. The van der Waals surface area contributed by atoms with Crippen LogP contribution in [0.1, 0.15) is 61.1 Å². The van der Waals surface area contributed by atoms with Crippen molar-refractivity contribution in [2.45, 2.75) is 49.0 Å². The molecule has 1 N–H and O–H groups in total. The van der Waals surface area contributed by atoms with Gasteiger partial charge in [-0.3, -0.25) is 0 Å². The maximum Gasteiger partial charge on any atom is 0.247 e. The Hall–Kier alpha value is -3.29. The first-order chi connectivity index (χ1) is 16.6. The summed E-state index contributed by atoms with van der Waals surface area (Å²) < 4.78 is 35.4. The van der Waals surface area contributed by atoms with Crippen LogP contribution in [0.2, 0.25) is 0 Å². The maximum absolute atomic E-state index is 13.4. The standard InChI is InChI=1S/C27H27N3O3S/c31-34(32,24-18-16-21(17-19-24)20-10-4-1-5-11-20)30-25(22-12-6-2-7-13-22)27-29-28-26(33-27)23-14-8-3-9-15-23/h2-3,6-9,12-20,25,30H,1,4-5,10-11H2/t25-/m0/s1. The van der Waals surface area contributed by atoms with E-state index in [9.17, 15) is 8.42 Å². The summed E-state index contributed by atoms with van der Waals surface area (Å²) in [6, 6.07) is 25.1. The molecule has 7 heteroatoms. The van der Waals surface area contributed by atoms with Crippen LogP contribution >= 0.6 is 0 Å². The number of hydrogen-bond acceptors (Lipinski definition) is 5. The first kappa shape index (κ1) is 22.5. The van der Waals surface area contributed by atoms with E-state index in [2.05, 4.69) is 14.9 Å². The molecule has 1 fully saturated rings. The zero-order valence-corrected chi connectivity index (χ0v) is 19.6. The Morgan fingerprint density at radius 1 is 0.794 bits per heavy atom. The number of nitrogens with zero attached hydrogens (tertiary/aromatic N) is 2. The van der Waals surface area contributed by atoms with Gasteiger partial charge in [-0.1, -0.05) is 79.9 Å². The van der Waals surface area contributed by atoms with Crippen LogP contribution in [0, 0.1) is 0 Å². The number of hydrogen-bond donors (Lipinski definition) is 1. The van der Waals surface area contributed by atoms with Crippen LogP contribution in [0.4, 0.5) is 0 Å². The van der Waals surface area contributed by atoms with Crippen molar-refractivity contribution >= 4 is 10.0 Å². The van der Waals surface area contributed by atoms with Crippen LogP contribution in [0.25, 0.3) is 11.5 Å². The van der Waals surface area contributed by atoms with E-state index in [4.69, 9.17) is 4.42 Å². The van der Waals surface area contributed by atoms with E-state index in [1.54, 1.807) is 12.1 Å². The van der Waals surface area contributed by atoms with E-state index in [-0.39, 0.29) is 10.8 Å². The van der Waals surface area contributed by atoms with Crippen molar-refractivity contribution in [3.63, 3.8) is 0 Å². The van der Waals surface area contributed by atoms with Crippen LogP contribution in [-0.4, -0.2) is 18.6 Å². The summed E-state index contributed by atoms with van der Waals surface area (Å²) in [6.07, 6.45) is 6.10. The predicted molar refractivity (Wildman–Crippen MR) is 131 cm³/mol. The fourth-order valence-electron chi connectivity index (χ4n) is 4.53. The lowest BCUT2D eigenvalue weighted by atomic mass is 9.84. The van der Waals surface area contributed by atoms with Gasteiger partial charge in [0.25, 0.3) is 0 Å². The first-order valence-corrected chi connectivity index (χ1v) is 13.1. The summed E-state index contributed by atoms with van der Waals surface area (Å²) in [4.78, 5) is 0.218. The third-order valence-corrected chi connectivity index (χ3v) is 7.82. The molecule has 3 aromatic carbocycles. The lowest BCUT2D eigenvalue weighted by Crippen LogP contribution is -2.29. The molecular weight excluding hydrogens is 446 g/mol. The molecule has 4 aromatic rings. The minimum absolute atomic E-state index is 0.187. The molecule has 0 spiro atoms. The van der Waals surface area contributed by atoms with Gasteiger partial charge < -0.3 is 4.42 Å². The number of rotatable bonds is 7. The average molecular weight is 474 g/mol. The number of aromatic nitrogens is 2. The molecule has 0 radical (unpaired) electrons. The highest BCUT2D eigenvalue weighted by atomic mass is 32.2. The van der Waals surface area contributed by atoms with Crippen LogP contribution in [-0.2, 0) is 10.0 Å². The number of benzene rings is 3. The highest BCUT2D eigenvalue weighted by Gasteiger charge is 2.28. The van der Waals surface area contributed by atoms with Crippen molar-refractivity contribution in [1.82, 2.24) is 14.9 Å². The molecule has 1 atom stereocenters. The molecule has 1 saturated carbocycles. The molecule has 1 aromatic heterocycles. The zero-order valence-electron chi connectivity index (χ0n) is 18.8. The van der Waals surface area contributed by atoms with Crippen molar-refractivity contribution in [2.75, 3.05) is 0 Å². The Bertz CT molecular complexity index is 1310. The molecule has 1 aliphatic carbocycles. The Morgan fingerprint density at radius 3 is 2.12 bits per heavy atom. The SMILES string of the molecule is O=S(=O)(N[C@@H](c1ccccc1)c1nnc(-c2ccccc2)o1)c1ccc(C2CCCCC2)cc1. The van der Waals surface area contributed by atoms with Gasteiger partial charge in [0.05, 0.1) is 4.90 Å². The van der Waals surface area contributed by atoms with Crippen LogP contribution in [0.5, 0.6) is 0 Å². The summed E-state index contributed by atoms with van der Waals surface area (Å²) in [7, 11) is -3.84. The molecule has 174 valence electrons. The van der Waals surface area contributed by atoms with Crippen molar-refractivity contribution in [3.8, 4) is 11.5 Å². The lowest BCUT2D eigenvalue weighted by molar-refractivity contribution is 0.443. The molecule has 0 aliphatic heterocycles. The van der Waals surface area contributed by atoms with Gasteiger partial charge in [0, 0.05) is 5.56 Å². The van der Waals surface area contributed by atoms with E-state index in [0.29, 0.717) is 17.4 Å². The van der Waals surface area contributed by atoms with E-state index < -0.39 is 16.1 Å². The fraction of sp³-hybridized carbons (Fsp3) is 0.259. The van der Waals surface area contributed by atoms with Crippen LogP contribution in [0.3, 0.4) is 0 Å². The minimum atomic E-state index is -3.84. The highest BCUT2D eigenvalue weighted by molar-refractivity contribution is 7.89. The normalized spacial score (nSPS) is 15.8. The third kappa shape index (κ3) is 4.95. The smallest absolute Gasteiger partial charge is 0.247 e. The molecule has 6 nitrogen and oxygen atoms in total. The highest BCUT2D eigenvalue weighted by Crippen LogP contribution is 2.33. The zero-order chi connectivity index (χ0) is 23.4. The average Bonchev–Trinajstić information content (AvgIpc) is 3.39. The third-order valence-electron chi connectivity index (χ3n) is 6.38. The molecule has 0 bridgehead atoms. The van der Waals surface area contributed by atoms with E-state index in [1.165, 1.54) is 37.7 Å². The second kappa shape index (κ2) is 9.91. The van der Waals surface area contributed by atoms with Gasteiger partial charge in [0.15, 0.2) is 0 Å². The summed E-state index contributed by atoms with van der Waals surface area (Å²) in [6.45, 7) is 0. The van der Waals surface area contributed by atoms with Crippen molar-refractivity contribution in [2.24, 2.45) is 0 Å². The van der Waals surface area contributed by atoms with E-state index in [1.807, 2.05) is 72.8 Å². The van der Waals surface area contributed by atoms with Gasteiger partial charge in [-0.05, 0) is 54.2 Å². The van der Waals surface area contributed by atoms with Crippen molar-refractivity contribution < 1.29 is 12.8 Å². The quantitative estimate of drug-likeness (QED) is 0.364. The molecule has 34 heavy (non-hydrogen) atoms. The van der Waals surface area contributed by atoms with Crippen LogP contribution in [0.15, 0.2) is 94.2 Å². The number of sulfonamides is 1.